The number of methoxy groups -OCH3 is 1. The van der Waals surface area contributed by atoms with Crippen molar-refractivity contribution in [3.05, 3.63) is 24.3 Å². The topological polar surface area (TPSA) is 52.1 Å². The van der Waals surface area contributed by atoms with Crippen LogP contribution in [0.1, 0.15) is 38.5 Å². The van der Waals surface area contributed by atoms with Gasteiger partial charge in [-0.2, -0.15) is 0 Å². The summed E-state index contributed by atoms with van der Waals surface area (Å²) in [6.45, 7) is 4.17. The molecule has 0 aliphatic carbocycles. The Hall–Kier alpha value is -1.22. The highest BCUT2D eigenvalue weighted by atomic mass is 127. The summed E-state index contributed by atoms with van der Waals surface area (Å²) in [5, 5.41) is 7.05. The van der Waals surface area contributed by atoms with Gasteiger partial charge in [-0.1, -0.05) is 31.4 Å². The lowest BCUT2D eigenvalue weighted by atomic mass is 10.1. The van der Waals surface area contributed by atoms with Gasteiger partial charge >= 0.3 is 0 Å². The third-order valence-electron chi connectivity index (χ3n) is 5.25. The Labute approximate surface area is 194 Å². The summed E-state index contributed by atoms with van der Waals surface area (Å²) >= 11 is 0. The molecule has 1 heterocycles. The van der Waals surface area contributed by atoms with Crippen molar-refractivity contribution in [1.82, 2.24) is 15.5 Å². The molecule has 0 aromatic heterocycles. The minimum absolute atomic E-state index is 0. The fourth-order valence-corrected chi connectivity index (χ4v) is 3.67. The van der Waals surface area contributed by atoms with Gasteiger partial charge in [0.25, 0.3) is 0 Å². The minimum atomic E-state index is 0. The average molecular weight is 518 g/mol. The van der Waals surface area contributed by atoms with Crippen molar-refractivity contribution in [2.75, 3.05) is 59.3 Å². The van der Waals surface area contributed by atoms with Gasteiger partial charge in [-0.25, -0.2) is 0 Å². The average Bonchev–Trinajstić information content (AvgIpc) is 3.17. The van der Waals surface area contributed by atoms with Gasteiger partial charge in [0.15, 0.2) is 5.96 Å². The molecule has 1 unspecified atom stereocenters. The van der Waals surface area contributed by atoms with Crippen LogP contribution in [-0.2, 0) is 0 Å². The standard InChI is InChI=1S/C22H39N5O.HI/c1-23-22(24-15-10-6-5-7-11-16-26(2)3)25-19-14-17-27(18-19)20-12-8-9-13-21(20)28-4;/h8-9,12-13,19H,5-7,10-11,14-18H2,1-4H3,(H2,23,24,25);1H. The van der Waals surface area contributed by atoms with E-state index in [0.29, 0.717) is 6.04 Å². The zero-order valence-electron chi connectivity index (χ0n) is 18.6. The first-order valence-corrected chi connectivity index (χ1v) is 10.6. The number of hydrogen-bond donors (Lipinski definition) is 2. The van der Waals surface area contributed by atoms with E-state index in [-0.39, 0.29) is 24.0 Å². The quantitative estimate of drug-likeness (QED) is 0.204. The second kappa shape index (κ2) is 14.7. The molecule has 6 nitrogen and oxygen atoms in total. The van der Waals surface area contributed by atoms with Crippen LogP contribution in [0.4, 0.5) is 5.69 Å². The number of unbranched alkanes of at least 4 members (excludes halogenated alkanes) is 4. The number of benzene rings is 1. The summed E-state index contributed by atoms with van der Waals surface area (Å²) in [6.07, 6.45) is 7.52. The van der Waals surface area contributed by atoms with E-state index in [1.54, 1.807) is 7.11 Å². The number of nitrogens with zero attached hydrogens (tertiary/aromatic N) is 3. The first-order chi connectivity index (χ1) is 13.6. The number of halogens is 1. The molecule has 1 aromatic carbocycles. The third kappa shape index (κ3) is 9.42. The number of aliphatic imine (C=N–C) groups is 1. The van der Waals surface area contributed by atoms with E-state index in [1.165, 1.54) is 44.3 Å². The Balaban J connectivity index is 0.00000420. The summed E-state index contributed by atoms with van der Waals surface area (Å²) in [7, 11) is 7.87. The van der Waals surface area contributed by atoms with E-state index >= 15 is 0 Å². The predicted octanol–water partition coefficient (Wildman–Crippen LogP) is 3.57. The maximum absolute atomic E-state index is 5.51. The summed E-state index contributed by atoms with van der Waals surface area (Å²) < 4.78 is 5.51. The molecule has 7 heteroatoms. The van der Waals surface area contributed by atoms with Crippen molar-refractivity contribution in [3.8, 4) is 5.75 Å². The van der Waals surface area contributed by atoms with Crippen LogP contribution >= 0.6 is 24.0 Å². The van der Waals surface area contributed by atoms with Crippen LogP contribution in [0.25, 0.3) is 0 Å². The zero-order chi connectivity index (χ0) is 20.2. The van der Waals surface area contributed by atoms with Crippen LogP contribution in [0, 0.1) is 0 Å². The van der Waals surface area contributed by atoms with Crippen molar-refractivity contribution in [1.29, 1.82) is 0 Å². The molecular weight excluding hydrogens is 477 g/mol. The summed E-state index contributed by atoms with van der Waals surface area (Å²) in [5.41, 5.74) is 1.17. The van der Waals surface area contributed by atoms with Gasteiger partial charge in [-0.05, 0) is 52.0 Å². The number of rotatable bonds is 11. The number of anilines is 1. The molecule has 1 atom stereocenters. The van der Waals surface area contributed by atoms with Gasteiger partial charge in [0, 0.05) is 32.7 Å². The van der Waals surface area contributed by atoms with Gasteiger partial charge in [0.2, 0.25) is 0 Å². The van der Waals surface area contributed by atoms with Gasteiger partial charge in [0.1, 0.15) is 5.75 Å². The third-order valence-corrected chi connectivity index (χ3v) is 5.25. The summed E-state index contributed by atoms with van der Waals surface area (Å²) in [4.78, 5) is 9.04. The molecule has 29 heavy (non-hydrogen) atoms. The van der Waals surface area contributed by atoms with Crippen molar-refractivity contribution in [2.24, 2.45) is 4.99 Å². The second-order valence-corrected chi connectivity index (χ2v) is 7.82. The minimum Gasteiger partial charge on any atom is -0.495 e. The summed E-state index contributed by atoms with van der Waals surface area (Å²) in [6, 6.07) is 8.65. The van der Waals surface area contributed by atoms with Crippen molar-refractivity contribution in [3.63, 3.8) is 0 Å². The number of guanidine groups is 1. The first kappa shape index (κ1) is 25.8. The van der Waals surface area contributed by atoms with Gasteiger partial charge in [0.05, 0.1) is 12.8 Å². The fourth-order valence-electron chi connectivity index (χ4n) is 3.67. The molecule has 0 saturated carbocycles. The van der Waals surface area contributed by atoms with Crippen LogP contribution in [0.2, 0.25) is 0 Å². The molecule has 1 fully saturated rings. The van der Waals surface area contributed by atoms with E-state index in [4.69, 9.17) is 4.74 Å². The van der Waals surface area contributed by atoms with Crippen LogP contribution in [-0.4, -0.2) is 71.3 Å². The normalized spacial score (nSPS) is 16.7. The molecular formula is C22H40IN5O. The molecule has 1 aliphatic heterocycles. The smallest absolute Gasteiger partial charge is 0.191 e. The monoisotopic (exact) mass is 517 g/mol. The number of ether oxygens (including phenoxy) is 1. The van der Waals surface area contributed by atoms with E-state index < -0.39 is 0 Å². The fraction of sp³-hybridized carbons (Fsp3) is 0.682. The number of nitrogens with one attached hydrogen (secondary N) is 2. The highest BCUT2D eigenvalue weighted by Gasteiger charge is 2.25. The Kier molecular flexibility index (Phi) is 13.1. The van der Waals surface area contributed by atoms with Crippen LogP contribution in [0.3, 0.4) is 0 Å². The van der Waals surface area contributed by atoms with E-state index in [0.717, 1.165) is 37.8 Å². The van der Waals surface area contributed by atoms with Crippen LogP contribution < -0.4 is 20.3 Å². The van der Waals surface area contributed by atoms with E-state index in [2.05, 4.69) is 51.7 Å². The second-order valence-electron chi connectivity index (χ2n) is 7.82. The Morgan fingerprint density at radius 3 is 2.62 bits per heavy atom. The highest BCUT2D eigenvalue weighted by Crippen LogP contribution is 2.30. The van der Waals surface area contributed by atoms with Crippen molar-refractivity contribution in [2.45, 2.75) is 44.6 Å². The lowest BCUT2D eigenvalue weighted by molar-refractivity contribution is 0.389. The van der Waals surface area contributed by atoms with Gasteiger partial charge < -0.3 is 25.2 Å². The maximum Gasteiger partial charge on any atom is 0.191 e. The molecule has 2 rings (SSSR count). The molecule has 0 radical (unpaired) electrons. The molecule has 0 spiro atoms. The van der Waals surface area contributed by atoms with Crippen molar-refractivity contribution < 1.29 is 4.74 Å². The largest absolute Gasteiger partial charge is 0.495 e. The molecule has 1 aromatic rings. The Morgan fingerprint density at radius 2 is 1.90 bits per heavy atom. The molecule has 1 saturated heterocycles. The number of para-hydroxylation sites is 2. The van der Waals surface area contributed by atoms with Crippen LogP contribution in [0.15, 0.2) is 29.3 Å². The molecule has 166 valence electrons. The summed E-state index contributed by atoms with van der Waals surface area (Å²) in [5.74, 6) is 1.86. The molecule has 1 aliphatic rings. The predicted molar refractivity (Wildman–Crippen MR) is 135 cm³/mol. The van der Waals surface area contributed by atoms with Gasteiger partial charge in [-0.3, -0.25) is 4.99 Å². The molecule has 2 N–H and O–H groups in total. The molecule has 0 bridgehead atoms. The highest BCUT2D eigenvalue weighted by molar-refractivity contribution is 14.0. The lowest BCUT2D eigenvalue weighted by Gasteiger charge is -2.22. The van der Waals surface area contributed by atoms with E-state index in [9.17, 15) is 0 Å². The van der Waals surface area contributed by atoms with Gasteiger partial charge in [-0.15, -0.1) is 24.0 Å². The Bertz CT molecular complexity index is 596. The maximum atomic E-state index is 5.51. The first-order valence-electron chi connectivity index (χ1n) is 10.6. The molecule has 0 amide bonds. The zero-order valence-corrected chi connectivity index (χ0v) is 20.9. The van der Waals surface area contributed by atoms with Crippen molar-refractivity contribution >= 4 is 35.6 Å². The van der Waals surface area contributed by atoms with Crippen LogP contribution in [0.5, 0.6) is 5.75 Å². The van der Waals surface area contributed by atoms with E-state index in [1.807, 2.05) is 19.2 Å². The SMILES string of the molecule is CN=C(NCCCCCCCN(C)C)NC1CCN(c2ccccc2OC)C1.I. The lowest BCUT2D eigenvalue weighted by Crippen LogP contribution is -2.44. The number of hydrogen-bond acceptors (Lipinski definition) is 4. The Morgan fingerprint density at radius 1 is 1.17 bits per heavy atom.